The van der Waals surface area contributed by atoms with Gasteiger partial charge < -0.3 is 10.8 Å². The third-order valence-electron chi connectivity index (χ3n) is 2.41. The summed E-state index contributed by atoms with van der Waals surface area (Å²) in [6.45, 7) is 0.0810. The molecule has 0 aromatic heterocycles. The normalized spacial score (nSPS) is 12.7. The molecule has 0 bridgehead atoms. The van der Waals surface area contributed by atoms with Crippen molar-refractivity contribution in [1.82, 2.24) is 0 Å². The minimum absolute atomic E-state index is 0. The Morgan fingerprint density at radius 2 is 1.78 bits per heavy atom. The monoisotopic (exact) mass is 283 g/mol. The molecule has 0 aliphatic heterocycles. The molecule has 102 valence electrons. The highest BCUT2D eigenvalue weighted by molar-refractivity contribution is 5.85. The quantitative estimate of drug-likeness (QED) is 0.893. The van der Waals surface area contributed by atoms with Crippen molar-refractivity contribution in [1.29, 1.82) is 0 Å². The van der Waals surface area contributed by atoms with Gasteiger partial charge in [-0.1, -0.05) is 12.1 Å². The van der Waals surface area contributed by atoms with Crippen LogP contribution in [0, 0.1) is 0 Å². The van der Waals surface area contributed by atoms with Crippen molar-refractivity contribution in [3.63, 3.8) is 0 Å². The Labute approximate surface area is 108 Å². The van der Waals surface area contributed by atoms with Crippen molar-refractivity contribution in [2.45, 2.75) is 18.5 Å². The zero-order chi connectivity index (χ0) is 13.1. The summed E-state index contributed by atoms with van der Waals surface area (Å²) in [5, 5.41) is 8.62. The van der Waals surface area contributed by atoms with Crippen LogP contribution in [0.15, 0.2) is 24.3 Å². The summed E-state index contributed by atoms with van der Waals surface area (Å²) in [6, 6.07) is 4.40. The number of aliphatic carboxylic acids is 1. The van der Waals surface area contributed by atoms with E-state index in [1.807, 2.05) is 0 Å². The highest BCUT2D eigenvalue weighted by atomic mass is 35.5. The van der Waals surface area contributed by atoms with Crippen LogP contribution in [0.4, 0.5) is 13.2 Å². The van der Waals surface area contributed by atoms with Gasteiger partial charge in [0, 0.05) is 5.92 Å². The standard InChI is InChI=1S/C11H12F3NO2.ClH/c12-11(13,14)9-3-1-7(2-4-9)8(6-15)5-10(16)17;/h1-4,8H,5-6,15H2,(H,16,17);1H. The lowest BCUT2D eigenvalue weighted by Crippen LogP contribution is -2.16. The van der Waals surface area contributed by atoms with Crippen molar-refractivity contribution < 1.29 is 23.1 Å². The van der Waals surface area contributed by atoms with Crippen LogP contribution in [-0.4, -0.2) is 17.6 Å². The summed E-state index contributed by atoms with van der Waals surface area (Å²) in [6.07, 6.45) is -4.58. The predicted octanol–water partition coefficient (Wildman–Crippen LogP) is 2.64. The van der Waals surface area contributed by atoms with Crippen LogP contribution in [-0.2, 0) is 11.0 Å². The topological polar surface area (TPSA) is 63.3 Å². The van der Waals surface area contributed by atoms with Crippen molar-refractivity contribution in [2.24, 2.45) is 5.73 Å². The van der Waals surface area contributed by atoms with E-state index in [2.05, 4.69) is 0 Å². The van der Waals surface area contributed by atoms with Gasteiger partial charge in [0.25, 0.3) is 0 Å². The molecule has 1 atom stereocenters. The second kappa shape index (κ2) is 6.61. The molecule has 3 nitrogen and oxygen atoms in total. The Morgan fingerprint density at radius 1 is 1.28 bits per heavy atom. The van der Waals surface area contributed by atoms with Gasteiger partial charge >= 0.3 is 12.1 Å². The molecule has 0 fully saturated rings. The number of benzene rings is 1. The fraction of sp³-hybridized carbons (Fsp3) is 0.364. The van der Waals surface area contributed by atoms with Crippen LogP contribution >= 0.6 is 12.4 Å². The molecule has 0 radical (unpaired) electrons. The van der Waals surface area contributed by atoms with Crippen molar-refractivity contribution >= 4 is 18.4 Å². The van der Waals surface area contributed by atoms with Crippen LogP contribution in [0.5, 0.6) is 0 Å². The van der Waals surface area contributed by atoms with Crippen LogP contribution in [0.3, 0.4) is 0 Å². The van der Waals surface area contributed by atoms with E-state index in [4.69, 9.17) is 10.8 Å². The van der Waals surface area contributed by atoms with E-state index >= 15 is 0 Å². The second-order valence-corrected chi connectivity index (χ2v) is 3.65. The minimum atomic E-state index is -4.39. The Kier molecular flexibility index (Phi) is 6.14. The Morgan fingerprint density at radius 3 is 2.11 bits per heavy atom. The zero-order valence-electron chi connectivity index (χ0n) is 9.28. The van der Waals surface area contributed by atoms with E-state index in [1.54, 1.807) is 0 Å². The first-order valence-corrected chi connectivity index (χ1v) is 4.93. The second-order valence-electron chi connectivity index (χ2n) is 3.65. The van der Waals surface area contributed by atoms with E-state index in [-0.39, 0.29) is 25.4 Å². The lowest BCUT2D eigenvalue weighted by atomic mass is 9.95. The fourth-order valence-corrected chi connectivity index (χ4v) is 1.49. The molecule has 1 rings (SSSR count). The number of rotatable bonds is 4. The summed E-state index contributed by atoms with van der Waals surface area (Å²) in [4.78, 5) is 10.5. The van der Waals surface area contributed by atoms with Crippen LogP contribution < -0.4 is 5.73 Å². The molecule has 18 heavy (non-hydrogen) atoms. The number of nitrogens with two attached hydrogens (primary N) is 1. The van der Waals surface area contributed by atoms with E-state index < -0.39 is 23.6 Å². The minimum Gasteiger partial charge on any atom is -0.481 e. The van der Waals surface area contributed by atoms with E-state index in [0.29, 0.717) is 5.56 Å². The first kappa shape index (κ1) is 16.7. The molecule has 1 unspecified atom stereocenters. The zero-order valence-corrected chi connectivity index (χ0v) is 10.1. The third kappa shape index (κ3) is 4.54. The highest BCUT2D eigenvalue weighted by Gasteiger charge is 2.30. The number of hydrogen-bond acceptors (Lipinski definition) is 2. The summed E-state index contributed by atoms with van der Waals surface area (Å²) >= 11 is 0. The molecule has 0 aliphatic rings. The number of carbonyl (C=O) groups is 1. The molecule has 1 aromatic rings. The SMILES string of the molecule is Cl.NCC(CC(=O)O)c1ccc(C(F)(F)F)cc1. The molecule has 7 heteroatoms. The lowest BCUT2D eigenvalue weighted by Gasteiger charge is -2.14. The van der Waals surface area contributed by atoms with Crippen molar-refractivity contribution in [2.75, 3.05) is 6.54 Å². The first-order chi connectivity index (χ1) is 7.84. The largest absolute Gasteiger partial charge is 0.481 e. The van der Waals surface area contributed by atoms with Crippen molar-refractivity contribution in [3.05, 3.63) is 35.4 Å². The molecular formula is C11H13ClF3NO2. The van der Waals surface area contributed by atoms with E-state index in [0.717, 1.165) is 12.1 Å². The smallest absolute Gasteiger partial charge is 0.416 e. The number of halogens is 4. The molecule has 0 saturated heterocycles. The Bertz CT molecular complexity index is 392. The number of carboxylic acid groups (broad SMARTS) is 1. The maximum Gasteiger partial charge on any atom is 0.416 e. The molecule has 0 spiro atoms. The number of hydrogen-bond donors (Lipinski definition) is 2. The van der Waals surface area contributed by atoms with Crippen LogP contribution in [0.2, 0.25) is 0 Å². The van der Waals surface area contributed by atoms with Gasteiger partial charge in [-0.25, -0.2) is 0 Å². The fourth-order valence-electron chi connectivity index (χ4n) is 1.49. The average molecular weight is 284 g/mol. The molecule has 0 heterocycles. The molecular weight excluding hydrogens is 271 g/mol. The van der Waals surface area contributed by atoms with E-state index in [9.17, 15) is 18.0 Å². The predicted molar refractivity (Wildman–Crippen MR) is 62.7 cm³/mol. The Hall–Kier alpha value is -1.27. The van der Waals surface area contributed by atoms with Gasteiger partial charge in [0.05, 0.1) is 12.0 Å². The first-order valence-electron chi connectivity index (χ1n) is 4.93. The van der Waals surface area contributed by atoms with Crippen molar-refractivity contribution in [3.8, 4) is 0 Å². The molecule has 3 N–H and O–H groups in total. The van der Waals surface area contributed by atoms with E-state index in [1.165, 1.54) is 12.1 Å². The summed E-state index contributed by atoms with van der Waals surface area (Å²) < 4.78 is 36.9. The molecule has 0 aliphatic carbocycles. The molecule has 1 aromatic carbocycles. The Balaban J connectivity index is 0.00000289. The maximum absolute atomic E-state index is 12.3. The van der Waals surface area contributed by atoms with Crippen LogP contribution in [0.25, 0.3) is 0 Å². The number of carboxylic acids is 1. The summed E-state index contributed by atoms with van der Waals surface area (Å²) in [5.41, 5.74) is 5.14. The number of alkyl halides is 3. The third-order valence-corrected chi connectivity index (χ3v) is 2.41. The maximum atomic E-state index is 12.3. The van der Waals surface area contributed by atoms with Crippen LogP contribution in [0.1, 0.15) is 23.5 Å². The van der Waals surface area contributed by atoms with Gasteiger partial charge in [-0.3, -0.25) is 4.79 Å². The summed E-state index contributed by atoms with van der Waals surface area (Å²) in [5.74, 6) is -1.49. The van der Waals surface area contributed by atoms with Gasteiger partial charge in [0.1, 0.15) is 0 Å². The highest BCUT2D eigenvalue weighted by Crippen LogP contribution is 2.30. The van der Waals surface area contributed by atoms with Gasteiger partial charge in [0.15, 0.2) is 0 Å². The lowest BCUT2D eigenvalue weighted by molar-refractivity contribution is -0.138. The van der Waals surface area contributed by atoms with Gasteiger partial charge in [-0.2, -0.15) is 13.2 Å². The molecule has 0 saturated carbocycles. The van der Waals surface area contributed by atoms with Gasteiger partial charge in [-0.05, 0) is 24.2 Å². The van der Waals surface area contributed by atoms with Gasteiger partial charge in [-0.15, -0.1) is 12.4 Å². The average Bonchev–Trinajstić information content (AvgIpc) is 2.24. The summed E-state index contributed by atoms with van der Waals surface area (Å²) in [7, 11) is 0. The molecule has 0 amide bonds. The van der Waals surface area contributed by atoms with Gasteiger partial charge in [0.2, 0.25) is 0 Å².